The molecule has 10 nitrogen and oxygen atoms in total. The fourth-order valence-corrected chi connectivity index (χ4v) is 4.71. The molecule has 2 amide bonds. The summed E-state index contributed by atoms with van der Waals surface area (Å²) >= 11 is 24.2. The van der Waals surface area contributed by atoms with Crippen LogP contribution in [0, 0.1) is 0 Å². The zero-order valence-corrected chi connectivity index (χ0v) is 21.9. The summed E-state index contributed by atoms with van der Waals surface area (Å²) in [7, 11) is 0. The number of aromatic hydroxyl groups is 2. The van der Waals surface area contributed by atoms with E-state index in [1.807, 2.05) is 0 Å². The number of carbonyl (C=O) groups excluding carboxylic acids is 2. The van der Waals surface area contributed by atoms with Crippen LogP contribution in [-0.4, -0.2) is 32.0 Å². The fourth-order valence-electron chi connectivity index (χ4n) is 3.63. The summed E-state index contributed by atoms with van der Waals surface area (Å²) < 4.78 is 0. The van der Waals surface area contributed by atoms with Crippen LogP contribution in [0.3, 0.4) is 0 Å². The van der Waals surface area contributed by atoms with Gasteiger partial charge in [-0.2, -0.15) is 0 Å². The molecule has 0 saturated carbocycles. The Kier molecular flexibility index (Phi) is 8.33. The van der Waals surface area contributed by atoms with Crippen LogP contribution in [0.2, 0.25) is 20.1 Å². The van der Waals surface area contributed by atoms with Gasteiger partial charge in [0.25, 0.3) is 11.8 Å². The van der Waals surface area contributed by atoms with E-state index in [9.17, 15) is 19.8 Å². The van der Waals surface area contributed by atoms with Gasteiger partial charge in [0.15, 0.2) is 11.4 Å². The summed E-state index contributed by atoms with van der Waals surface area (Å²) in [4.78, 5) is 29.5. The lowest BCUT2D eigenvalue weighted by molar-refractivity contribution is -0.118. The predicted octanol–water partition coefficient (Wildman–Crippen LogP) is 8.55. The minimum atomic E-state index is -0.486. The maximum atomic E-state index is 12.1. The molecule has 2 aromatic carbocycles. The second-order valence-corrected chi connectivity index (χ2v) is 9.70. The van der Waals surface area contributed by atoms with E-state index in [1.165, 1.54) is 12.1 Å². The lowest BCUT2D eigenvalue weighted by atomic mass is 10.1. The first-order chi connectivity index (χ1) is 17.6. The molecular formula is C23H18Cl4N6O4. The number of unbranched alkanes of at least 4 members (excludes halogenated alkanes) is 2. The Labute approximate surface area is 229 Å². The number of azo groups is 2. The number of nitrogens with zero attached hydrogens (tertiary/aromatic N) is 4. The SMILES string of the molecule is O=C(CCCCCC(=O)N=Nc1c(O)[nH]c2c(Cl)cc(Cl)cc12)N=Nc1c(O)[nH]c2c(Cl)cc(Cl)cc12. The van der Waals surface area contributed by atoms with Gasteiger partial charge in [-0.1, -0.05) is 52.8 Å². The molecule has 0 saturated heterocycles. The highest BCUT2D eigenvalue weighted by Crippen LogP contribution is 2.41. The minimum Gasteiger partial charge on any atom is -0.493 e. The number of fused-ring (bicyclic) bond motifs is 2. The monoisotopic (exact) mass is 582 g/mol. The third-order valence-corrected chi connectivity index (χ3v) is 6.39. The highest BCUT2D eigenvalue weighted by atomic mass is 35.5. The highest BCUT2D eigenvalue weighted by molar-refractivity contribution is 6.39. The van der Waals surface area contributed by atoms with E-state index < -0.39 is 11.8 Å². The molecule has 0 atom stereocenters. The Balaban J connectivity index is 1.25. The number of hydrogen-bond donors (Lipinski definition) is 4. The number of carbonyl (C=O) groups is 2. The second-order valence-electron chi connectivity index (χ2n) is 8.01. The largest absolute Gasteiger partial charge is 0.493 e. The topological polar surface area (TPSA) is 156 Å². The number of amides is 2. The van der Waals surface area contributed by atoms with Gasteiger partial charge in [0, 0.05) is 33.7 Å². The van der Waals surface area contributed by atoms with Gasteiger partial charge < -0.3 is 20.2 Å². The van der Waals surface area contributed by atoms with Crippen molar-refractivity contribution in [2.24, 2.45) is 20.5 Å². The predicted molar refractivity (Wildman–Crippen MR) is 142 cm³/mol. The fraction of sp³-hybridized carbons (Fsp3) is 0.217. The molecule has 37 heavy (non-hydrogen) atoms. The van der Waals surface area contributed by atoms with Crippen LogP contribution in [0.1, 0.15) is 32.1 Å². The smallest absolute Gasteiger partial charge is 0.264 e. The van der Waals surface area contributed by atoms with Crippen molar-refractivity contribution in [3.63, 3.8) is 0 Å². The van der Waals surface area contributed by atoms with Crippen molar-refractivity contribution < 1.29 is 19.8 Å². The normalized spacial score (nSPS) is 12.0. The van der Waals surface area contributed by atoms with Gasteiger partial charge in [0.1, 0.15) is 0 Å². The summed E-state index contributed by atoms with van der Waals surface area (Å²) in [6, 6.07) is 6.13. The highest BCUT2D eigenvalue weighted by Gasteiger charge is 2.16. The molecule has 0 aliphatic carbocycles. The van der Waals surface area contributed by atoms with Gasteiger partial charge in [-0.3, -0.25) is 9.59 Å². The first kappa shape index (κ1) is 26.9. The van der Waals surface area contributed by atoms with Crippen molar-refractivity contribution in [2.45, 2.75) is 32.1 Å². The van der Waals surface area contributed by atoms with Crippen LogP contribution >= 0.6 is 46.4 Å². The number of nitrogens with one attached hydrogen (secondary N) is 2. The van der Waals surface area contributed by atoms with Crippen LogP contribution in [0.5, 0.6) is 11.8 Å². The van der Waals surface area contributed by atoms with Gasteiger partial charge in [0.2, 0.25) is 11.8 Å². The minimum absolute atomic E-state index is 0.0643. The van der Waals surface area contributed by atoms with Crippen molar-refractivity contribution in [3.8, 4) is 11.8 Å². The van der Waals surface area contributed by atoms with Gasteiger partial charge in [-0.05, 0) is 37.1 Å². The Hall–Kier alpha value is -3.18. The molecule has 2 heterocycles. The molecule has 4 rings (SSSR count). The van der Waals surface area contributed by atoms with E-state index in [0.717, 1.165) is 0 Å². The quantitative estimate of drug-likeness (QED) is 0.121. The first-order valence-electron chi connectivity index (χ1n) is 10.9. The lowest BCUT2D eigenvalue weighted by Gasteiger charge is -1.98. The van der Waals surface area contributed by atoms with E-state index in [-0.39, 0.29) is 36.0 Å². The Bertz CT molecular complexity index is 1460. The number of halogens is 4. The molecule has 0 bridgehead atoms. The molecule has 192 valence electrons. The number of aromatic nitrogens is 2. The molecule has 0 fully saturated rings. The summed E-state index contributed by atoms with van der Waals surface area (Å²) in [6.45, 7) is 0. The molecule has 0 aliphatic rings. The van der Waals surface area contributed by atoms with Crippen molar-refractivity contribution in [1.82, 2.24) is 9.97 Å². The van der Waals surface area contributed by atoms with E-state index in [4.69, 9.17) is 46.4 Å². The lowest BCUT2D eigenvalue weighted by Crippen LogP contribution is -1.94. The third kappa shape index (κ3) is 6.22. The van der Waals surface area contributed by atoms with Gasteiger partial charge in [-0.25, -0.2) is 0 Å². The zero-order chi connectivity index (χ0) is 26.7. The Morgan fingerprint density at radius 2 is 1.08 bits per heavy atom. The maximum absolute atomic E-state index is 12.1. The number of aromatic amines is 2. The number of hydrogen-bond acceptors (Lipinski definition) is 6. The van der Waals surface area contributed by atoms with Crippen LogP contribution in [0.25, 0.3) is 21.8 Å². The third-order valence-electron chi connectivity index (χ3n) is 5.36. The van der Waals surface area contributed by atoms with Crippen molar-refractivity contribution >= 4 is 91.4 Å². The van der Waals surface area contributed by atoms with E-state index in [2.05, 4.69) is 30.4 Å². The average Bonchev–Trinajstić information content (AvgIpc) is 3.32. The van der Waals surface area contributed by atoms with Crippen LogP contribution in [0.4, 0.5) is 11.4 Å². The molecule has 14 heteroatoms. The maximum Gasteiger partial charge on any atom is 0.264 e. The summed E-state index contributed by atoms with van der Waals surface area (Å²) in [5.41, 5.74) is 0.988. The van der Waals surface area contributed by atoms with Crippen LogP contribution < -0.4 is 0 Å². The molecule has 4 aromatic rings. The zero-order valence-electron chi connectivity index (χ0n) is 18.9. The summed E-state index contributed by atoms with van der Waals surface area (Å²) in [6.07, 6.45) is 1.72. The number of rotatable bonds is 8. The standard InChI is InChI=1S/C23H18Cl4N6O4/c24-10-6-12-18(14(26)8-10)28-22(36)20(12)32-30-16(34)4-2-1-3-5-17(35)31-33-21-13-7-11(25)9-15(27)19(13)29-23(21)37/h6-9,28-29,36-37H,1-5H2. The first-order valence-corrected chi connectivity index (χ1v) is 12.4. The van der Waals surface area contributed by atoms with E-state index in [0.29, 0.717) is 61.2 Å². The molecule has 0 unspecified atom stereocenters. The summed E-state index contributed by atoms with van der Waals surface area (Å²) in [5, 5.41) is 37.3. The van der Waals surface area contributed by atoms with Crippen molar-refractivity contribution in [1.29, 1.82) is 0 Å². The van der Waals surface area contributed by atoms with Crippen molar-refractivity contribution in [2.75, 3.05) is 0 Å². The van der Waals surface area contributed by atoms with E-state index >= 15 is 0 Å². The van der Waals surface area contributed by atoms with Crippen LogP contribution in [-0.2, 0) is 9.59 Å². The van der Waals surface area contributed by atoms with E-state index in [1.54, 1.807) is 12.1 Å². The summed E-state index contributed by atoms with van der Waals surface area (Å²) in [5.74, 6) is -1.54. The molecule has 4 N–H and O–H groups in total. The molecule has 2 aromatic heterocycles. The average molecular weight is 584 g/mol. The van der Waals surface area contributed by atoms with Gasteiger partial charge >= 0.3 is 0 Å². The van der Waals surface area contributed by atoms with Gasteiger partial charge in [0.05, 0.1) is 21.1 Å². The molecular weight excluding hydrogens is 566 g/mol. The Morgan fingerprint density at radius 1 is 0.676 bits per heavy atom. The van der Waals surface area contributed by atoms with Crippen molar-refractivity contribution in [3.05, 3.63) is 44.4 Å². The molecule has 0 aliphatic heterocycles. The van der Waals surface area contributed by atoms with Gasteiger partial charge in [-0.15, -0.1) is 20.5 Å². The molecule has 0 radical (unpaired) electrons. The number of H-pyrrole nitrogens is 2. The number of benzene rings is 2. The second kappa shape index (κ2) is 11.5. The molecule has 0 spiro atoms. The Morgan fingerprint density at radius 3 is 1.49 bits per heavy atom. The van der Waals surface area contributed by atoms with Crippen LogP contribution in [0.15, 0.2) is 44.7 Å².